The predicted octanol–water partition coefficient (Wildman–Crippen LogP) is 3.79. The molecular formula is C22H18FN3O. The minimum atomic E-state index is -0.302. The van der Waals surface area contributed by atoms with E-state index in [-0.39, 0.29) is 24.3 Å². The van der Waals surface area contributed by atoms with Crippen molar-refractivity contribution in [3.63, 3.8) is 0 Å². The Kier molecular flexibility index (Phi) is 5.80. The van der Waals surface area contributed by atoms with E-state index in [1.54, 1.807) is 18.2 Å². The summed E-state index contributed by atoms with van der Waals surface area (Å²) in [4.78, 5) is 16.2. The summed E-state index contributed by atoms with van der Waals surface area (Å²) in [5.41, 5.74) is 2.16. The summed E-state index contributed by atoms with van der Waals surface area (Å²) in [6.45, 7) is 0.161. The normalized spacial score (nSPS) is 11.3. The van der Waals surface area contributed by atoms with Crippen molar-refractivity contribution in [3.8, 4) is 12.3 Å². The van der Waals surface area contributed by atoms with Crippen LogP contribution in [-0.2, 0) is 0 Å². The van der Waals surface area contributed by atoms with E-state index in [1.807, 2.05) is 36.4 Å². The molecule has 0 bridgehead atoms. The molecule has 4 nitrogen and oxygen atoms in total. The minimum absolute atomic E-state index is 0.161. The Balaban J connectivity index is 1.85. The van der Waals surface area contributed by atoms with E-state index in [4.69, 9.17) is 6.42 Å². The number of nitrogens with one attached hydrogen (secondary N) is 2. The maximum atomic E-state index is 13.7. The lowest BCUT2D eigenvalue weighted by molar-refractivity contribution is 0.0958. The summed E-state index contributed by atoms with van der Waals surface area (Å²) in [6, 6.07) is 19.2. The molecule has 3 rings (SSSR count). The first-order chi connectivity index (χ1) is 13.2. The van der Waals surface area contributed by atoms with Crippen LogP contribution >= 0.6 is 0 Å². The van der Waals surface area contributed by atoms with Crippen LogP contribution in [0, 0.1) is 18.2 Å². The van der Waals surface area contributed by atoms with Crippen molar-refractivity contribution in [2.24, 2.45) is 0 Å². The second kappa shape index (κ2) is 8.63. The molecule has 3 aromatic rings. The van der Waals surface area contributed by atoms with Crippen LogP contribution in [-0.4, -0.2) is 17.4 Å². The lowest BCUT2D eigenvalue weighted by atomic mass is 9.98. The predicted molar refractivity (Wildman–Crippen MR) is 104 cm³/mol. The van der Waals surface area contributed by atoms with E-state index in [1.165, 1.54) is 18.3 Å². The number of carbonyl (C=O) groups is 1. The Bertz CT molecular complexity index is 949. The van der Waals surface area contributed by atoms with Gasteiger partial charge in [-0.25, -0.2) is 9.37 Å². The zero-order valence-electron chi connectivity index (χ0n) is 14.5. The number of aromatic nitrogens is 1. The van der Waals surface area contributed by atoms with Crippen molar-refractivity contribution < 1.29 is 9.18 Å². The first kappa shape index (κ1) is 18.2. The molecule has 1 aromatic heterocycles. The molecule has 1 heterocycles. The zero-order valence-corrected chi connectivity index (χ0v) is 14.5. The van der Waals surface area contributed by atoms with Gasteiger partial charge in [-0.3, -0.25) is 4.79 Å². The van der Waals surface area contributed by atoms with E-state index in [0.29, 0.717) is 11.4 Å². The Labute approximate surface area is 157 Å². The molecular weight excluding hydrogens is 341 g/mol. The number of nitrogens with zero attached hydrogens (tertiary/aromatic N) is 1. The number of amides is 1. The number of anilines is 1. The molecule has 1 unspecified atom stereocenters. The van der Waals surface area contributed by atoms with E-state index in [0.717, 1.165) is 11.1 Å². The number of terminal acetylenes is 1. The fourth-order valence-corrected chi connectivity index (χ4v) is 2.69. The third-order valence-electron chi connectivity index (χ3n) is 3.98. The summed E-state index contributed by atoms with van der Waals surface area (Å²) in [5.74, 6) is 2.34. The lowest BCUT2D eigenvalue weighted by Gasteiger charge is -2.20. The summed E-state index contributed by atoms with van der Waals surface area (Å²) < 4.78 is 13.7. The molecule has 0 aliphatic carbocycles. The van der Waals surface area contributed by atoms with Gasteiger partial charge in [0.05, 0.1) is 18.2 Å². The Morgan fingerprint density at radius 2 is 1.85 bits per heavy atom. The van der Waals surface area contributed by atoms with Crippen LogP contribution in [0.3, 0.4) is 0 Å². The van der Waals surface area contributed by atoms with Gasteiger partial charge in [-0.1, -0.05) is 48.4 Å². The fourth-order valence-electron chi connectivity index (χ4n) is 2.69. The van der Waals surface area contributed by atoms with Crippen LogP contribution in [0.2, 0.25) is 0 Å². The van der Waals surface area contributed by atoms with Crippen molar-refractivity contribution in [1.29, 1.82) is 0 Å². The molecule has 27 heavy (non-hydrogen) atoms. The quantitative estimate of drug-likeness (QED) is 0.659. The fraction of sp³-hybridized carbons (Fsp3) is 0.0909. The van der Waals surface area contributed by atoms with Gasteiger partial charge in [0.25, 0.3) is 5.91 Å². The first-order valence-electron chi connectivity index (χ1n) is 8.42. The van der Waals surface area contributed by atoms with Gasteiger partial charge in [0.2, 0.25) is 0 Å². The first-order valence-corrected chi connectivity index (χ1v) is 8.42. The van der Waals surface area contributed by atoms with Gasteiger partial charge in [-0.05, 0) is 35.4 Å². The molecule has 1 atom stereocenters. The van der Waals surface area contributed by atoms with Crippen molar-refractivity contribution in [2.45, 2.75) is 6.04 Å². The Morgan fingerprint density at radius 1 is 1.07 bits per heavy atom. The molecule has 0 saturated heterocycles. The molecule has 0 radical (unpaired) electrons. The summed E-state index contributed by atoms with van der Waals surface area (Å²) >= 11 is 0. The molecule has 5 heteroatoms. The highest BCUT2D eigenvalue weighted by atomic mass is 19.1. The second-order valence-electron chi connectivity index (χ2n) is 5.86. The van der Waals surface area contributed by atoms with Crippen molar-refractivity contribution >= 4 is 11.7 Å². The molecule has 134 valence electrons. The van der Waals surface area contributed by atoms with Crippen LogP contribution < -0.4 is 10.6 Å². The molecule has 0 aliphatic heterocycles. The summed E-state index contributed by atoms with van der Waals surface area (Å²) in [7, 11) is 0. The van der Waals surface area contributed by atoms with Crippen molar-refractivity contribution in [1.82, 2.24) is 10.3 Å². The largest absolute Gasteiger partial charge is 0.359 e. The zero-order chi connectivity index (χ0) is 19.1. The number of hydrogen-bond donors (Lipinski definition) is 2. The molecule has 0 saturated carbocycles. The average molecular weight is 359 g/mol. The van der Waals surface area contributed by atoms with Crippen LogP contribution in [0.1, 0.15) is 27.5 Å². The molecule has 0 aliphatic rings. The number of rotatable bonds is 6. The van der Waals surface area contributed by atoms with Gasteiger partial charge in [-0.2, -0.15) is 0 Å². The molecule has 0 fully saturated rings. The number of carbonyl (C=O) groups excluding carboxylic acids is 1. The highest BCUT2D eigenvalue weighted by Gasteiger charge is 2.15. The van der Waals surface area contributed by atoms with Gasteiger partial charge in [0.1, 0.15) is 11.6 Å². The van der Waals surface area contributed by atoms with Crippen LogP contribution in [0.25, 0.3) is 0 Å². The van der Waals surface area contributed by atoms with Crippen LogP contribution in [0.4, 0.5) is 10.2 Å². The highest BCUT2D eigenvalue weighted by molar-refractivity contribution is 5.94. The highest BCUT2D eigenvalue weighted by Crippen LogP contribution is 2.26. The van der Waals surface area contributed by atoms with Crippen LogP contribution in [0.15, 0.2) is 72.9 Å². The van der Waals surface area contributed by atoms with E-state index >= 15 is 0 Å². The van der Waals surface area contributed by atoms with E-state index in [2.05, 4.69) is 21.5 Å². The third-order valence-corrected chi connectivity index (χ3v) is 3.98. The van der Waals surface area contributed by atoms with Gasteiger partial charge >= 0.3 is 0 Å². The maximum absolute atomic E-state index is 13.7. The monoisotopic (exact) mass is 359 g/mol. The van der Waals surface area contributed by atoms with E-state index in [9.17, 15) is 9.18 Å². The van der Waals surface area contributed by atoms with Crippen LogP contribution in [0.5, 0.6) is 0 Å². The van der Waals surface area contributed by atoms with Gasteiger partial charge in [-0.15, -0.1) is 6.42 Å². The SMILES string of the molecule is C#CCNC(=O)c1ccc(NC(c2ccccc2)c2cccc(F)c2)nc1. The molecule has 1 amide bonds. The standard InChI is InChI=1S/C22H18FN3O/c1-2-13-24-22(27)18-11-12-20(25-15-18)26-21(16-7-4-3-5-8-16)17-9-6-10-19(23)14-17/h1,3-12,14-15,21H,13H2,(H,24,27)(H,25,26). The summed E-state index contributed by atoms with van der Waals surface area (Å²) in [6.07, 6.45) is 6.61. The Morgan fingerprint density at radius 3 is 2.52 bits per heavy atom. The van der Waals surface area contributed by atoms with E-state index < -0.39 is 0 Å². The molecule has 2 aromatic carbocycles. The number of halogens is 1. The second-order valence-corrected chi connectivity index (χ2v) is 5.86. The Hall–Kier alpha value is -3.65. The van der Waals surface area contributed by atoms with Gasteiger partial charge in [0.15, 0.2) is 0 Å². The number of hydrogen-bond acceptors (Lipinski definition) is 3. The smallest absolute Gasteiger partial charge is 0.253 e. The number of benzene rings is 2. The summed E-state index contributed by atoms with van der Waals surface area (Å²) in [5, 5.41) is 5.90. The molecule has 2 N–H and O–H groups in total. The maximum Gasteiger partial charge on any atom is 0.253 e. The molecule has 0 spiro atoms. The van der Waals surface area contributed by atoms with Crippen molar-refractivity contribution in [2.75, 3.05) is 11.9 Å². The van der Waals surface area contributed by atoms with Gasteiger partial charge < -0.3 is 10.6 Å². The van der Waals surface area contributed by atoms with Crippen molar-refractivity contribution in [3.05, 3.63) is 95.4 Å². The topological polar surface area (TPSA) is 54.0 Å². The minimum Gasteiger partial charge on any atom is -0.359 e. The van der Waals surface area contributed by atoms with Gasteiger partial charge in [0, 0.05) is 6.20 Å². The number of pyridine rings is 1. The third kappa shape index (κ3) is 4.71. The lowest BCUT2D eigenvalue weighted by Crippen LogP contribution is -2.23. The average Bonchev–Trinajstić information content (AvgIpc) is 2.71.